The van der Waals surface area contributed by atoms with Crippen LogP contribution < -0.4 is 15.5 Å². The molecule has 0 aromatic heterocycles. The van der Waals surface area contributed by atoms with E-state index in [-0.39, 0.29) is 36.7 Å². The molecule has 1 saturated heterocycles. The van der Waals surface area contributed by atoms with E-state index in [4.69, 9.17) is 4.74 Å². The quantitative estimate of drug-likeness (QED) is 0.316. The number of hydrogen-bond acceptors (Lipinski definition) is 9. The Labute approximate surface area is 173 Å². The molecule has 11 nitrogen and oxygen atoms in total. The third-order valence-electron chi connectivity index (χ3n) is 5.19. The molecule has 0 spiro atoms. The fourth-order valence-corrected chi connectivity index (χ4v) is 3.60. The minimum absolute atomic E-state index is 0.0122. The lowest BCUT2D eigenvalue weighted by Gasteiger charge is -2.29. The molecule has 1 aromatic rings. The monoisotopic (exact) mass is 419 g/mol. The lowest BCUT2D eigenvalue weighted by atomic mass is 10.1. The highest BCUT2D eigenvalue weighted by atomic mass is 16.6. The summed E-state index contributed by atoms with van der Waals surface area (Å²) in [6, 6.07) is 3.10. The number of ether oxygens (including phenoxy) is 1. The van der Waals surface area contributed by atoms with E-state index < -0.39 is 16.8 Å². The Kier molecular flexibility index (Phi) is 6.53. The molecule has 0 unspecified atom stereocenters. The Balaban J connectivity index is 2.01. The van der Waals surface area contributed by atoms with E-state index >= 15 is 0 Å². The number of anilines is 2. The first kappa shape index (κ1) is 21.5. The van der Waals surface area contributed by atoms with Gasteiger partial charge in [-0.3, -0.25) is 14.9 Å². The number of nitro benzene ring substituents is 1. The van der Waals surface area contributed by atoms with Gasteiger partial charge in [-0.15, -0.1) is 0 Å². The first-order valence-electron chi connectivity index (χ1n) is 9.60. The number of aliphatic hydroxyl groups is 1. The second kappa shape index (κ2) is 9.09. The van der Waals surface area contributed by atoms with Crippen LogP contribution in [0.1, 0.15) is 5.56 Å². The number of aliphatic hydroxyl groups excluding tert-OH is 1. The Hall–Kier alpha value is -3.18. The number of β-amino-alcohol motifs (C(OH)–C–C–N with tert-alkyl or cyclic N) is 1. The molecule has 2 aliphatic heterocycles. The van der Waals surface area contributed by atoms with Gasteiger partial charge in [0.2, 0.25) is 0 Å². The predicted octanol–water partition coefficient (Wildman–Crippen LogP) is -0.0137. The van der Waals surface area contributed by atoms with Crippen LogP contribution in [0.5, 0.6) is 0 Å². The number of esters is 1. The average molecular weight is 419 g/mol. The van der Waals surface area contributed by atoms with Crippen LogP contribution in [0.4, 0.5) is 17.1 Å². The summed E-state index contributed by atoms with van der Waals surface area (Å²) in [5, 5.41) is 27.0. The number of benzene rings is 1. The molecule has 2 aliphatic rings. The van der Waals surface area contributed by atoms with Gasteiger partial charge < -0.3 is 30.3 Å². The number of carbonyl (C=O) groups excluding carboxylic acids is 2. The normalized spacial score (nSPS) is 16.8. The number of nitrogens with one attached hydrogen (secondary N) is 2. The molecule has 3 N–H and O–H groups in total. The molecule has 0 aliphatic carbocycles. The van der Waals surface area contributed by atoms with Crippen molar-refractivity contribution in [3.63, 3.8) is 0 Å². The first-order chi connectivity index (χ1) is 14.4. The molecule has 0 radical (unpaired) electrons. The van der Waals surface area contributed by atoms with Crippen molar-refractivity contribution in [2.75, 3.05) is 63.2 Å². The maximum absolute atomic E-state index is 12.8. The van der Waals surface area contributed by atoms with E-state index in [1.54, 1.807) is 13.0 Å². The number of amides is 1. The van der Waals surface area contributed by atoms with Gasteiger partial charge in [-0.05, 0) is 18.6 Å². The van der Waals surface area contributed by atoms with E-state index in [0.29, 0.717) is 43.1 Å². The third kappa shape index (κ3) is 4.21. The summed E-state index contributed by atoms with van der Waals surface area (Å²) in [5.41, 5.74) is 1.70. The van der Waals surface area contributed by atoms with Gasteiger partial charge in [0.05, 0.1) is 30.8 Å². The van der Waals surface area contributed by atoms with Gasteiger partial charge in [0.25, 0.3) is 11.6 Å². The molecular formula is C19H25N5O6. The second-order valence-corrected chi connectivity index (χ2v) is 7.07. The fraction of sp³-hybridized carbons (Fsp3) is 0.474. The van der Waals surface area contributed by atoms with Gasteiger partial charge in [0, 0.05) is 44.5 Å². The minimum atomic E-state index is -0.645. The highest BCUT2D eigenvalue weighted by molar-refractivity contribution is 6.08. The van der Waals surface area contributed by atoms with Gasteiger partial charge >= 0.3 is 5.97 Å². The van der Waals surface area contributed by atoms with Crippen LogP contribution in [0.2, 0.25) is 0 Å². The van der Waals surface area contributed by atoms with Crippen LogP contribution in [0.15, 0.2) is 23.4 Å². The van der Waals surface area contributed by atoms with Crippen molar-refractivity contribution in [3.05, 3.63) is 39.1 Å². The highest BCUT2D eigenvalue weighted by Gasteiger charge is 2.35. The van der Waals surface area contributed by atoms with E-state index in [0.717, 1.165) is 0 Å². The largest absolute Gasteiger partial charge is 0.466 e. The standard InChI is InChI=1S/C19H25N5O6/c1-12-9-16(24(28)29)15(22-5-3-20-4-6-22)10-14(12)21-17-13(19(27)30-2)11-23(7-8-25)18(17)26/h9-10,20-21,25H,3-8,11H2,1-2H3. The Bertz CT molecular complexity index is 894. The Morgan fingerprint density at radius 3 is 2.67 bits per heavy atom. The number of rotatable bonds is 7. The van der Waals surface area contributed by atoms with Crippen LogP contribution >= 0.6 is 0 Å². The number of nitro groups is 1. The van der Waals surface area contributed by atoms with Crippen molar-refractivity contribution in [3.8, 4) is 0 Å². The molecule has 1 amide bonds. The van der Waals surface area contributed by atoms with E-state index in [1.807, 2.05) is 4.90 Å². The molecule has 1 fully saturated rings. The average Bonchev–Trinajstić information content (AvgIpc) is 3.05. The van der Waals surface area contributed by atoms with Crippen LogP contribution in [0, 0.1) is 17.0 Å². The van der Waals surface area contributed by atoms with Crippen LogP contribution in [0.3, 0.4) is 0 Å². The lowest BCUT2D eigenvalue weighted by Crippen LogP contribution is -2.43. The third-order valence-corrected chi connectivity index (χ3v) is 5.19. The summed E-state index contributed by atoms with van der Waals surface area (Å²) in [6.45, 7) is 4.20. The molecule has 1 aromatic carbocycles. The smallest absolute Gasteiger partial charge is 0.337 e. The maximum atomic E-state index is 12.8. The van der Waals surface area contributed by atoms with Crippen molar-refractivity contribution in [2.24, 2.45) is 0 Å². The number of nitrogens with zero attached hydrogens (tertiary/aromatic N) is 3. The first-order valence-corrected chi connectivity index (χ1v) is 9.60. The molecule has 2 heterocycles. The minimum Gasteiger partial charge on any atom is -0.466 e. The summed E-state index contributed by atoms with van der Waals surface area (Å²) in [4.78, 5) is 39.4. The topological polar surface area (TPSA) is 137 Å². The summed E-state index contributed by atoms with van der Waals surface area (Å²) >= 11 is 0. The number of hydrogen-bond donors (Lipinski definition) is 3. The molecule has 162 valence electrons. The maximum Gasteiger partial charge on any atom is 0.337 e. The molecule has 0 atom stereocenters. The van der Waals surface area contributed by atoms with E-state index in [1.165, 1.54) is 18.1 Å². The number of methoxy groups -OCH3 is 1. The van der Waals surface area contributed by atoms with Crippen molar-refractivity contribution in [1.82, 2.24) is 10.2 Å². The summed E-state index contributed by atoms with van der Waals surface area (Å²) < 4.78 is 4.79. The number of aryl methyl sites for hydroxylation is 1. The molecule has 3 rings (SSSR count). The zero-order chi connectivity index (χ0) is 21.8. The number of carbonyl (C=O) groups is 2. The van der Waals surface area contributed by atoms with Gasteiger partial charge in [-0.25, -0.2) is 4.79 Å². The zero-order valence-corrected chi connectivity index (χ0v) is 16.9. The number of piperazine rings is 1. The summed E-state index contributed by atoms with van der Waals surface area (Å²) in [7, 11) is 1.23. The van der Waals surface area contributed by atoms with Gasteiger partial charge in [0.15, 0.2) is 0 Å². The Morgan fingerprint density at radius 2 is 2.07 bits per heavy atom. The zero-order valence-electron chi connectivity index (χ0n) is 16.9. The summed E-state index contributed by atoms with van der Waals surface area (Å²) in [6.07, 6.45) is 0. The van der Waals surface area contributed by atoms with Crippen LogP contribution in [-0.2, 0) is 14.3 Å². The van der Waals surface area contributed by atoms with E-state index in [2.05, 4.69) is 10.6 Å². The van der Waals surface area contributed by atoms with Gasteiger partial charge in [-0.1, -0.05) is 0 Å². The molecule has 0 bridgehead atoms. The highest BCUT2D eigenvalue weighted by Crippen LogP contribution is 2.35. The molecule has 11 heteroatoms. The predicted molar refractivity (Wildman–Crippen MR) is 109 cm³/mol. The molecular weight excluding hydrogens is 394 g/mol. The molecule has 0 saturated carbocycles. The van der Waals surface area contributed by atoms with Crippen molar-refractivity contribution < 1.29 is 24.4 Å². The fourth-order valence-electron chi connectivity index (χ4n) is 3.60. The van der Waals surface area contributed by atoms with Gasteiger partial charge in [0.1, 0.15) is 11.4 Å². The van der Waals surface area contributed by atoms with Crippen LogP contribution in [-0.4, -0.2) is 79.8 Å². The van der Waals surface area contributed by atoms with Crippen LogP contribution in [0.25, 0.3) is 0 Å². The van der Waals surface area contributed by atoms with Crippen molar-refractivity contribution in [2.45, 2.75) is 6.92 Å². The van der Waals surface area contributed by atoms with E-state index in [9.17, 15) is 24.8 Å². The Morgan fingerprint density at radius 1 is 1.37 bits per heavy atom. The lowest BCUT2D eigenvalue weighted by molar-refractivity contribution is -0.384. The van der Waals surface area contributed by atoms with Crippen molar-refractivity contribution in [1.29, 1.82) is 0 Å². The second-order valence-electron chi connectivity index (χ2n) is 7.07. The SMILES string of the molecule is COC(=O)C1=C(Nc2cc(N3CCNCC3)c([N+](=O)[O-])cc2C)C(=O)N(CCO)C1. The van der Waals surface area contributed by atoms with Crippen molar-refractivity contribution >= 4 is 28.9 Å². The summed E-state index contributed by atoms with van der Waals surface area (Å²) in [5.74, 6) is -1.08. The molecule has 30 heavy (non-hydrogen) atoms. The van der Waals surface area contributed by atoms with Gasteiger partial charge in [-0.2, -0.15) is 0 Å².